The Kier molecular flexibility index (Phi) is 6.01. The molecule has 2 aliphatic rings. The second-order valence-corrected chi connectivity index (χ2v) is 9.19. The van der Waals surface area contributed by atoms with Crippen molar-refractivity contribution in [2.75, 3.05) is 18.0 Å². The van der Waals surface area contributed by atoms with Crippen LogP contribution in [-0.2, 0) is 9.59 Å². The SMILES string of the molecule is CC(CC1(C)NC(=O)NC1=O)C(=O)N1C[C@@H](C)N(c2cc(Cl)cc(Cl)c2)[C@@H](C)C1. The minimum Gasteiger partial charge on any atom is -0.362 e. The predicted octanol–water partition coefficient (Wildman–Crippen LogP) is 3.04. The fraction of sp³-hybridized carbons (Fsp3) is 0.550. The van der Waals surface area contributed by atoms with Gasteiger partial charge >= 0.3 is 6.03 Å². The van der Waals surface area contributed by atoms with E-state index in [0.717, 1.165) is 5.69 Å². The first-order chi connectivity index (χ1) is 13.5. The monoisotopic (exact) mass is 440 g/mol. The number of carbonyl (C=O) groups excluding carboxylic acids is 3. The molecule has 158 valence electrons. The van der Waals surface area contributed by atoms with E-state index in [0.29, 0.717) is 23.1 Å². The number of anilines is 1. The average molecular weight is 441 g/mol. The van der Waals surface area contributed by atoms with Crippen molar-refractivity contribution in [1.29, 1.82) is 0 Å². The number of benzene rings is 1. The zero-order chi connectivity index (χ0) is 21.5. The second-order valence-electron chi connectivity index (χ2n) is 8.32. The summed E-state index contributed by atoms with van der Waals surface area (Å²) in [5.41, 5.74) is -0.136. The predicted molar refractivity (Wildman–Crippen MR) is 113 cm³/mol. The highest BCUT2D eigenvalue weighted by Crippen LogP contribution is 2.31. The highest BCUT2D eigenvalue weighted by molar-refractivity contribution is 6.35. The zero-order valence-corrected chi connectivity index (χ0v) is 18.5. The van der Waals surface area contributed by atoms with Gasteiger partial charge in [0.1, 0.15) is 5.54 Å². The first-order valence-electron chi connectivity index (χ1n) is 9.67. The van der Waals surface area contributed by atoms with Crippen molar-refractivity contribution < 1.29 is 14.4 Å². The molecular formula is C20H26Cl2N4O3. The summed E-state index contributed by atoms with van der Waals surface area (Å²) in [5, 5.41) is 6.00. The van der Waals surface area contributed by atoms with Crippen LogP contribution in [0.25, 0.3) is 0 Å². The number of carbonyl (C=O) groups is 3. The number of halogens is 2. The van der Waals surface area contributed by atoms with Crippen LogP contribution in [0.3, 0.4) is 0 Å². The third-order valence-corrected chi connectivity index (χ3v) is 6.07. The van der Waals surface area contributed by atoms with Gasteiger partial charge in [0.25, 0.3) is 5.91 Å². The number of rotatable bonds is 4. The Morgan fingerprint density at radius 1 is 1.17 bits per heavy atom. The number of amides is 4. The van der Waals surface area contributed by atoms with E-state index in [1.807, 2.05) is 17.0 Å². The zero-order valence-electron chi connectivity index (χ0n) is 17.0. The molecule has 0 bridgehead atoms. The van der Waals surface area contributed by atoms with Crippen molar-refractivity contribution in [2.45, 2.75) is 51.7 Å². The van der Waals surface area contributed by atoms with Crippen molar-refractivity contribution in [3.05, 3.63) is 28.2 Å². The standard InChI is InChI=1S/C20H26Cl2N4O3/c1-11(8-20(4)18(28)23-19(29)24-20)17(27)25-9-12(2)26(13(3)10-25)16-6-14(21)5-15(22)7-16/h5-7,11-13H,8-10H2,1-4H3,(H2,23,24,28,29)/t11?,12-,13+,20?. The summed E-state index contributed by atoms with van der Waals surface area (Å²) in [6.07, 6.45) is 0.246. The highest BCUT2D eigenvalue weighted by atomic mass is 35.5. The van der Waals surface area contributed by atoms with Gasteiger partial charge in [-0.3, -0.25) is 14.9 Å². The van der Waals surface area contributed by atoms with Crippen molar-refractivity contribution in [3.63, 3.8) is 0 Å². The van der Waals surface area contributed by atoms with E-state index >= 15 is 0 Å². The van der Waals surface area contributed by atoms with Gasteiger partial charge in [-0.2, -0.15) is 0 Å². The number of piperazine rings is 1. The van der Waals surface area contributed by atoms with Crippen LogP contribution in [0.4, 0.5) is 10.5 Å². The van der Waals surface area contributed by atoms with Gasteiger partial charge in [0.2, 0.25) is 5.91 Å². The Labute approximate surface area is 180 Å². The first kappa shape index (κ1) is 21.7. The molecule has 2 saturated heterocycles. The molecule has 0 saturated carbocycles. The van der Waals surface area contributed by atoms with E-state index in [1.165, 1.54) is 0 Å². The lowest BCUT2D eigenvalue weighted by atomic mass is 9.88. The number of imide groups is 1. The number of nitrogens with one attached hydrogen (secondary N) is 2. The summed E-state index contributed by atoms with van der Waals surface area (Å²) < 4.78 is 0. The van der Waals surface area contributed by atoms with Crippen LogP contribution >= 0.6 is 23.2 Å². The lowest BCUT2D eigenvalue weighted by Gasteiger charge is -2.46. The molecule has 1 aromatic carbocycles. The van der Waals surface area contributed by atoms with E-state index in [9.17, 15) is 14.4 Å². The van der Waals surface area contributed by atoms with Crippen LogP contribution in [0.15, 0.2) is 18.2 Å². The van der Waals surface area contributed by atoms with E-state index in [2.05, 4.69) is 29.4 Å². The molecule has 29 heavy (non-hydrogen) atoms. The molecule has 0 spiro atoms. The quantitative estimate of drug-likeness (QED) is 0.704. The molecule has 0 radical (unpaired) electrons. The third-order valence-electron chi connectivity index (χ3n) is 5.63. The van der Waals surface area contributed by atoms with E-state index < -0.39 is 23.4 Å². The van der Waals surface area contributed by atoms with E-state index in [4.69, 9.17) is 23.2 Å². The summed E-state index contributed by atoms with van der Waals surface area (Å²) in [4.78, 5) is 40.7. The molecule has 2 heterocycles. The van der Waals surface area contributed by atoms with Gasteiger partial charge in [-0.1, -0.05) is 30.1 Å². The molecule has 2 unspecified atom stereocenters. The molecule has 0 aliphatic carbocycles. The Balaban J connectivity index is 1.69. The van der Waals surface area contributed by atoms with Crippen LogP contribution < -0.4 is 15.5 Å². The molecular weight excluding hydrogens is 415 g/mol. The summed E-state index contributed by atoms with van der Waals surface area (Å²) in [6.45, 7) is 8.65. The maximum absolute atomic E-state index is 13.1. The molecule has 3 rings (SSSR count). The van der Waals surface area contributed by atoms with Gasteiger partial charge in [-0.15, -0.1) is 0 Å². The van der Waals surface area contributed by atoms with Crippen LogP contribution in [0, 0.1) is 5.92 Å². The van der Waals surface area contributed by atoms with Crippen LogP contribution in [-0.4, -0.2) is 53.5 Å². The Bertz CT molecular complexity index is 817. The number of hydrogen-bond donors (Lipinski definition) is 2. The summed E-state index contributed by atoms with van der Waals surface area (Å²) in [5.74, 6) is -0.829. The van der Waals surface area contributed by atoms with Crippen molar-refractivity contribution >= 4 is 46.7 Å². The van der Waals surface area contributed by atoms with Crippen LogP contribution in [0.1, 0.15) is 34.1 Å². The molecule has 2 fully saturated rings. The van der Waals surface area contributed by atoms with Gasteiger partial charge in [0, 0.05) is 46.8 Å². The fourth-order valence-electron chi connectivity index (χ4n) is 4.43. The maximum atomic E-state index is 13.1. The molecule has 0 aromatic heterocycles. The molecule has 4 amide bonds. The van der Waals surface area contributed by atoms with E-state index in [1.54, 1.807) is 19.9 Å². The molecule has 7 nitrogen and oxygen atoms in total. The van der Waals surface area contributed by atoms with Gasteiger partial charge < -0.3 is 15.1 Å². The highest BCUT2D eigenvalue weighted by Gasteiger charge is 2.44. The average Bonchev–Trinajstić information content (AvgIpc) is 2.84. The largest absolute Gasteiger partial charge is 0.362 e. The second kappa shape index (κ2) is 8.03. The maximum Gasteiger partial charge on any atom is 0.322 e. The third kappa shape index (κ3) is 4.46. The fourth-order valence-corrected chi connectivity index (χ4v) is 4.95. The molecule has 9 heteroatoms. The number of urea groups is 1. The molecule has 4 atom stereocenters. The van der Waals surface area contributed by atoms with Crippen molar-refractivity contribution in [2.24, 2.45) is 5.92 Å². The topological polar surface area (TPSA) is 81.8 Å². The Hall–Kier alpha value is -1.99. The van der Waals surface area contributed by atoms with Crippen molar-refractivity contribution in [1.82, 2.24) is 15.5 Å². The molecule has 2 N–H and O–H groups in total. The lowest BCUT2D eigenvalue weighted by Crippen LogP contribution is -2.59. The normalized spacial score (nSPS) is 28.2. The van der Waals surface area contributed by atoms with Gasteiger partial charge in [-0.05, 0) is 45.4 Å². The smallest absolute Gasteiger partial charge is 0.322 e. The Morgan fingerprint density at radius 3 is 2.21 bits per heavy atom. The van der Waals surface area contributed by atoms with Crippen LogP contribution in [0.2, 0.25) is 10.0 Å². The first-order valence-corrected chi connectivity index (χ1v) is 10.4. The van der Waals surface area contributed by atoms with Gasteiger partial charge in [-0.25, -0.2) is 4.79 Å². The van der Waals surface area contributed by atoms with Gasteiger partial charge in [0.05, 0.1) is 0 Å². The minimum atomic E-state index is -1.07. The van der Waals surface area contributed by atoms with Crippen molar-refractivity contribution in [3.8, 4) is 0 Å². The summed E-state index contributed by atoms with van der Waals surface area (Å²) >= 11 is 12.3. The summed E-state index contributed by atoms with van der Waals surface area (Å²) in [7, 11) is 0. The van der Waals surface area contributed by atoms with Gasteiger partial charge in [0.15, 0.2) is 0 Å². The minimum absolute atomic E-state index is 0.0253. The van der Waals surface area contributed by atoms with E-state index in [-0.39, 0.29) is 24.4 Å². The summed E-state index contributed by atoms with van der Waals surface area (Å²) in [6, 6.07) is 5.06. The molecule has 1 aromatic rings. The number of nitrogens with zero attached hydrogens (tertiary/aromatic N) is 2. The van der Waals surface area contributed by atoms with Crippen LogP contribution in [0.5, 0.6) is 0 Å². The number of hydrogen-bond acceptors (Lipinski definition) is 4. The Morgan fingerprint density at radius 2 is 1.72 bits per heavy atom. The molecule has 2 aliphatic heterocycles. The lowest BCUT2D eigenvalue weighted by molar-refractivity contribution is -0.137.